The summed E-state index contributed by atoms with van der Waals surface area (Å²) in [6, 6.07) is 21.3. The van der Waals surface area contributed by atoms with Gasteiger partial charge in [0.1, 0.15) is 0 Å². The first-order valence-electron chi connectivity index (χ1n) is 10.8. The van der Waals surface area contributed by atoms with E-state index in [0.29, 0.717) is 29.8 Å². The van der Waals surface area contributed by atoms with Gasteiger partial charge in [0.05, 0.1) is 16.6 Å². The van der Waals surface area contributed by atoms with Crippen LogP contribution in [0.5, 0.6) is 0 Å². The lowest BCUT2D eigenvalue weighted by Gasteiger charge is -2.25. The van der Waals surface area contributed by atoms with Gasteiger partial charge in [-0.1, -0.05) is 42.5 Å². The molecular formula is C26H26N2O4S. The Morgan fingerprint density at radius 2 is 1.76 bits per heavy atom. The van der Waals surface area contributed by atoms with Gasteiger partial charge in [0, 0.05) is 24.8 Å². The highest BCUT2D eigenvalue weighted by atomic mass is 32.2. The van der Waals surface area contributed by atoms with E-state index in [1.165, 1.54) is 11.0 Å². The number of benzene rings is 3. The highest BCUT2D eigenvalue weighted by Crippen LogP contribution is 2.30. The first-order chi connectivity index (χ1) is 15.7. The second-order valence-electron chi connectivity index (χ2n) is 8.35. The van der Waals surface area contributed by atoms with E-state index >= 15 is 0 Å². The molecule has 0 fully saturated rings. The molecule has 0 saturated carbocycles. The summed E-state index contributed by atoms with van der Waals surface area (Å²) < 4.78 is 26.9. The van der Waals surface area contributed by atoms with E-state index in [2.05, 4.69) is 5.32 Å². The number of nitrogens with zero attached hydrogens (tertiary/aromatic N) is 1. The minimum absolute atomic E-state index is 0.0768. The number of hydrogen-bond donors (Lipinski definition) is 1. The number of fused-ring (bicyclic) bond motifs is 1. The van der Waals surface area contributed by atoms with Crippen LogP contribution in [0.1, 0.15) is 29.0 Å². The predicted molar refractivity (Wildman–Crippen MR) is 129 cm³/mol. The Hall–Kier alpha value is -3.45. The molecule has 1 N–H and O–H groups in total. The Balaban J connectivity index is 1.67. The molecule has 1 aliphatic rings. The zero-order valence-electron chi connectivity index (χ0n) is 18.6. The van der Waals surface area contributed by atoms with Crippen LogP contribution in [0.2, 0.25) is 0 Å². The van der Waals surface area contributed by atoms with Crippen molar-refractivity contribution in [2.45, 2.75) is 30.6 Å². The van der Waals surface area contributed by atoms with Crippen LogP contribution in [0.25, 0.3) is 0 Å². The SMILES string of the molecule is Cc1cccc(N(C)C(=O)C(CS(=O)(=O)c2ccc3c(c2)CCC(=O)N3)c2ccccc2)c1. The van der Waals surface area contributed by atoms with Crippen LogP contribution >= 0.6 is 0 Å². The third kappa shape index (κ3) is 4.98. The van der Waals surface area contributed by atoms with Crippen LogP contribution in [-0.4, -0.2) is 33.0 Å². The molecule has 170 valence electrons. The molecule has 6 nitrogen and oxygen atoms in total. The third-order valence-corrected chi connectivity index (χ3v) is 7.68. The molecule has 7 heteroatoms. The van der Waals surface area contributed by atoms with Crippen molar-refractivity contribution in [1.29, 1.82) is 0 Å². The Morgan fingerprint density at radius 1 is 1.00 bits per heavy atom. The van der Waals surface area contributed by atoms with Crippen molar-refractivity contribution in [3.63, 3.8) is 0 Å². The molecule has 0 aliphatic carbocycles. The number of carbonyl (C=O) groups excluding carboxylic acids is 2. The summed E-state index contributed by atoms with van der Waals surface area (Å²) in [5.74, 6) is -1.58. The number of carbonyl (C=O) groups is 2. The largest absolute Gasteiger partial charge is 0.326 e. The summed E-state index contributed by atoms with van der Waals surface area (Å²) in [6.07, 6.45) is 0.810. The highest BCUT2D eigenvalue weighted by molar-refractivity contribution is 7.91. The molecule has 0 spiro atoms. The van der Waals surface area contributed by atoms with Crippen molar-refractivity contribution in [3.8, 4) is 0 Å². The van der Waals surface area contributed by atoms with Crippen molar-refractivity contribution < 1.29 is 18.0 Å². The van der Waals surface area contributed by atoms with Crippen molar-refractivity contribution in [1.82, 2.24) is 0 Å². The van der Waals surface area contributed by atoms with E-state index in [4.69, 9.17) is 0 Å². The molecule has 3 aromatic carbocycles. The Labute approximate surface area is 194 Å². The van der Waals surface area contributed by atoms with Crippen molar-refractivity contribution >= 4 is 33.0 Å². The fourth-order valence-electron chi connectivity index (χ4n) is 4.06. The maximum atomic E-state index is 13.5. The predicted octanol–water partition coefficient (Wildman–Crippen LogP) is 4.10. The molecule has 1 atom stereocenters. The number of hydrogen-bond acceptors (Lipinski definition) is 4. The van der Waals surface area contributed by atoms with Crippen LogP contribution < -0.4 is 10.2 Å². The normalized spacial score (nSPS) is 14.2. The van der Waals surface area contributed by atoms with Crippen molar-refractivity contribution in [2.75, 3.05) is 23.0 Å². The minimum Gasteiger partial charge on any atom is -0.326 e. The molecule has 0 saturated heterocycles. The zero-order valence-corrected chi connectivity index (χ0v) is 19.4. The topological polar surface area (TPSA) is 83.6 Å². The van der Waals surface area contributed by atoms with E-state index in [-0.39, 0.29) is 22.5 Å². The summed E-state index contributed by atoms with van der Waals surface area (Å²) in [5.41, 5.74) is 3.80. The van der Waals surface area contributed by atoms with Crippen molar-refractivity contribution in [3.05, 3.63) is 89.5 Å². The average Bonchev–Trinajstić information content (AvgIpc) is 2.82. The number of sulfone groups is 1. The second-order valence-corrected chi connectivity index (χ2v) is 10.4. The molecule has 1 unspecified atom stereocenters. The summed E-state index contributed by atoms with van der Waals surface area (Å²) in [6.45, 7) is 1.94. The van der Waals surface area contributed by atoms with Gasteiger partial charge in [-0.25, -0.2) is 8.42 Å². The molecule has 0 aromatic heterocycles. The lowest BCUT2D eigenvalue weighted by molar-refractivity contribution is -0.119. The minimum atomic E-state index is -3.78. The maximum absolute atomic E-state index is 13.5. The summed E-state index contributed by atoms with van der Waals surface area (Å²) in [5, 5.41) is 2.77. The number of anilines is 2. The first-order valence-corrected chi connectivity index (χ1v) is 12.4. The fourth-order valence-corrected chi connectivity index (χ4v) is 5.63. The van der Waals surface area contributed by atoms with Gasteiger partial charge in [-0.2, -0.15) is 0 Å². The molecular weight excluding hydrogens is 436 g/mol. The summed E-state index contributed by atoms with van der Waals surface area (Å²) >= 11 is 0. The fraction of sp³-hybridized carbons (Fsp3) is 0.231. The van der Waals surface area contributed by atoms with Crippen LogP contribution in [0.15, 0.2) is 77.7 Å². The summed E-state index contributed by atoms with van der Waals surface area (Å²) in [4.78, 5) is 26.8. The zero-order chi connectivity index (χ0) is 23.6. The molecule has 33 heavy (non-hydrogen) atoms. The lowest BCUT2D eigenvalue weighted by Crippen LogP contribution is -2.35. The number of likely N-dealkylation sites (N-methyl/N-ethyl adjacent to an activating group) is 1. The summed E-state index contributed by atoms with van der Waals surface area (Å²) in [7, 11) is -2.12. The van der Waals surface area contributed by atoms with Gasteiger partial charge in [0.15, 0.2) is 9.84 Å². The number of nitrogens with one attached hydrogen (secondary N) is 1. The number of aryl methyl sites for hydroxylation is 2. The molecule has 1 aliphatic heterocycles. The van der Waals surface area contributed by atoms with Crippen LogP contribution in [0.3, 0.4) is 0 Å². The number of rotatable bonds is 6. The standard InChI is InChI=1S/C26H26N2O4S/c1-18-7-6-10-21(15-18)28(2)26(30)23(19-8-4-3-5-9-19)17-33(31,32)22-12-13-24-20(16-22)11-14-25(29)27-24/h3-10,12-13,15-16,23H,11,14,17H2,1-2H3,(H,27,29). The molecule has 0 bridgehead atoms. The van der Waals surface area contributed by atoms with Gasteiger partial charge in [0.25, 0.3) is 0 Å². The van der Waals surface area contributed by atoms with E-state index in [1.807, 2.05) is 37.3 Å². The average molecular weight is 463 g/mol. The number of amides is 2. The van der Waals surface area contributed by atoms with Crippen molar-refractivity contribution in [2.24, 2.45) is 0 Å². The van der Waals surface area contributed by atoms with Crippen LogP contribution in [0, 0.1) is 6.92 Å². The van der Waals surface area contributed by atoms with Gasteiger partial charge in [-0.05, 0) is 60.4 Å². The van der Waals surface area contributed by atoms with Gasteiger partial charge in [0.2, 0.25) is 11.8 Å². The maximum Gasteiger partial charge on any atom is 0.235 e. The van der Waals surface area contributed by atoms with Gasteiger partial charge in [-0.15, -0.1) is 0 Å². The molecule has 3 aromatic rings. The smallest absolute Gasteiger partial charge is 0.235 e. The van der Waals surface area contributed by atoms with E-state index in [0.717, 1.165) is 11.1 Å². The van der Waals surface area contributed by atoms with Crippen LogP contribution in [-0.2, 0) is 25.8 Å². The van der Waals surface area contributed by atoms with Gasteiger partial charge in [-0.3, -0.25) is 9.59 Å². The third-order valence-electron chi connectivity index (χ3n) is 5.94. The second kappa shape index (κ2) is 9.19. The van der Waals surface area contributed by atoms with E-state index in [9.17, 15) is 18.0 Å². The molecule has 0 radical (unpaired) electrons. The molecule has 1 heterocycles. The Bertz CT molecular complexity index is 1300. The van der Waals surface area contributed by atoms with Crippen LogP contribution in [0.4, 0.5) is 11.4 Å². The monoisotopic (exact) mass is 462 g/mol. The van der Waals surface area contributed by atoms with Gasteiger partial charge >= 0.3 is 0 Å². The highest BCUT2D eigenvalue weighted by Gasteiger charge is 2.31. The Morgan fingerprint density at radius 3 is 2.48 bits per heavy atom. The van der Waals surface area contributed by atoms with E-state index < -0.39 is 15.8 Å². The molecule has 2 amide bonds. The quantitative estimate of drug-likeness (QED) is 0.598. The lowest BCUT2D eigenvalue weighted by atomic mass is 9.99. The first kappa shape index (κ1) is 22.7. The molecule has 4 rings (SSSR count). The van der Waals surface area contributed by atoms with E-state index in [1.54, 1.807) is 43.4 Å². The Kier molecular flexibility index (Phi) is 6.33. The van der Waals surface area contributed by atoms with Gasteiger partial charge < -0.3 is 10.2 Å².